The maximum Gasteiger partial charge on any atom is 0.306 e. The highest BCUT2D eigenvalue weighted by atomic mass is 35.5. The number of benzene rings is 2. The lowest BCUT2D eigenvalue weighted by Gasteiger charge is -2.10. The number of carbonyl (C=O) groups excluding carboxylic acids is 3. The minimum atomic E-state index is -0.650. The number of halogens is 2. The molecule has 0 heterocycles. The molecule has 0 aliphatic carbocycles. The van der Waals surface area contributed by atoms with Crippen molar-refractivity contribution in [2.24, 2.45) is 0 Å². The Balaban J connectivity index is 1.74. The summed E-state index contributed by atoms with van der Waals surface area (Å²) in [6.45, 7) is 3.41. The molecule has 0 unspecified atom stereocenters. The summed E-state index contributed by atoms with van der Waals surface area (Å²) in [6.07, 6.45) is -0.277. The number of esters is 1. The molecule has 2 aromatic rings. The fraction of sp³-hybridized carbons (Fsp3) is 0.250. The number of rotatable bonds is 7. The second kappa shape index (κ2) is 10.1. The summed E-state index contributed by atoms with van der Waals surface area (Å²) in [5.41, 5.74) is 3.01. The highest BCUT2D eigenvalue weighted by Crippen LogP contribution is 2.25. The van der Waals surface area contributed by atoms with Crippen molar-refractivity contribution >= 4 is 52.4 Å². The van der Waals surface area contributed by atoms with Gasteiger partial charge < -0.3 is 15.4 Å². The number of carbonyl (C=O) groups is 3. The van der Waals surface area contributed by atoms with Crippen LogP contribution in [0.4, 0.5) is 11.4 Å². The van der Waals surface area contributed by atoms with Crippen LogP contribution in [-0.2, 0) is 19.1 Å². The second-order valence-electron chi connectivity index (χ2n) is 6.20. The van der Waals surface area contributed by atoms with Gasteiger partial charge >= 0.3 is 5.97 Å². The molecule has 0 bridgehead atoms. The predicted octanol–water partition coefficient (Wildman–Crippen LogP) is 4.51. The minimum absolute atomic E-state index is 0.111. The van der Waals surface area contributed by atoms with E-state index in [-0.39, 0.29) is 12.8 Å². The number of amides is 2. The Kier molecular flexibility index (Phi) is 7.84. The summed E-state index contributed by atoms with van der Waals surface area (Å²) in [6, 6.07) is 10.3. The summed E-state index contributed by atoms with van der Waals surface area (Å²) in [5.74, 6) is -1.51. The summed E-state index contributed by atoms with van der Waals surface area (Å²) in [5, 5.41) is 6.01. The molecular weight excluding hydrogens is 403 g/mol. The molecule has 148 valence electrons. The van der Waals surface area contributed by atoms with Gasteiger partial charge in [0.2, 0.25) is 5.91 Å². The number of nitrogens with one attached hydrogen (secondary N) is 2. The number of aryl methyl sites for hydroxylation is 2. The van der Waals surface area contributed by atoms with Gasteiger partial charge in [-0.1, -0.05) is 40.9 Å². The molecule has 28 heavy (non-hydrogen) atoms. The smallest absolute Gasteiger partial charge is 0.306 e. The van der Waals surface area contributed by atoms with Gasteiger partial charge in [0.15, 0.2) is 6.61 Å². The van der Waals surface area contributed by atoms with E-state index in [9.17, 15) is 14.4 Å². The molecule has 0 spiro atoms. The van der Waals surface area contributed by atoms with Gasteiger partial charge in [0.05, 0.1) is 17.1 Å². The predicted molar refractivity (Wildman–Crippen MR) is 110 cm³/mol. The van der Waals surface area contributed by atoms with E-state index in [0.717, 1.165) is 11.1 Å². The van der Waals surface area contributed by atoms with Crippen LogP contribution in [0.1, 0.15) is 24.0 Å². The summed E-state index contributed by atoms with van der Waals surface area (Å²) >= 11 is 11.8. The molecule has 2 amide bonds. The minimum Gasteiger partial charge on any atom is -0.456 e. The van der Waals surface area contributed by atoms with Crippen molar-refractivity contribution in [3.05, 3.63) is 57.6 Å². The van der Waals surface area contributed by atoms with Gasteiger partial charge in [0, 0.05) is 17.1 Å². The van der Waals surface area contributed by atoms with E-state index < -0.39 is 24.4 Å². The lowest BCUT2D eigenvalue weighted by atomic mass is 10.1. The third-order valence-corrected chi connectivity index (χ3v) is 4.34. The van der Waals surface area contributed by atoms with Crippen LogP contribution in [0.25, 0.3) is 0 Å². The average Bonchev–Trinajstić information content (AvgIpc) is 2.63. The van der Waals surface area contributed by atoms with Crippen LogP contribution in [0, 0.1) is 13.8 Å². The summed E-state index contributed by atoms with van der Waals surface area (Å²) in [4.78, 5) is 35.6. The molecule has 0 atom stereocenters. The fourth-order valence-corrected chi connectivity index (χ4v) is 2.72. The van der Waals surface area contributed by atoms with E-state index in [2.05, 4.69) is 10.6 Å². The first-order valence-corrected chi connectivity index (χ1v) is 9.28. The zero-order valence-electron chi connectivity index (χ0n) is 15.5. The standard InChI is InChI=1S/C20H20Cl2N2O4/c1-12-3-6-16(13(2)9-12)23-19(26)11-28-20(27)8-7-18(25)24-17-10-14(21)4-5-15(17)22/h3-6,9-10H,7-8,11H2,1-2H3,(H,23,26)(H,24,25). The van der Waals surface area contributed by atoms with E-state index in [1.54, 1.807) is 18.2 Å². The van der Waals surface area contributed by atoms with Crippen molar-refractivity contribution in [3.8, 4) is 0 Å². The van der Waals surface area contributed by atoms with Gasteiger partial charge in [0.25, 0.3) is 5.91 Å². The monoisotopic (exact) mass is 422 g/mol. The van der Waals surface area contributed by atoms with E-state index in [1.807, 2.05) is 26.0 Å². The Bertz CT molecular complexity index is 900. The summed E-state index contributed by atoms with van der Waals surface area (Å²) in [7, 11) is 0. The maximum absolute atomic E-state index is 11.9. The molecule has 0 saturated carbocycles. The molecule has 0 saturated heterocycles. The SMILES string of the molecule is Cc1ccc(NC(=O)COC(=O)CCC(=O)Nc2cc(Cl)ccc2Cl)c(C)c1. The van der Waals surface area contributed by atoms with E-state index in [1.165, 1.54) is 6.07 Å². The van der Waals surface area contributed by atoms with Crippen LogP contribution in [0.2, 0.25) is 10.0 Å². The molecule has 2 aromatic carbocycles. The van der Waals surface area contributed by atoms with Crippen LogP contribution >= 0.6 is 23.2 Å². The zero-order valence-corrected chi connectivity index (χ0v) is 17.0. The van der Waals surface area contributed by atoms with Gasteiger partial charge in [-0.3, -0.25) is 14.4 Å². The Labute approximate surface area is 173 Å². The lowest BCUT2D eigenvalue weighted by Crippen LogP contribution is -2.22. The normalized spacial score (nSPS) is 10.3. The Morgan fingerprint density at radius 2 is 1.61 bits per heavy atom. The van der Waals surface area contributed by atoms with Crippen molar-refractivity contribution < 1.29 is 19.1 Å². The molecule has 2 N–H and O–H groups in total. The number of anilines is 2. The zero-order chi connectivity index (χ0) is 20.7. The van der Waals surface area contributed by atoms with Gasteiger partial charge in [-0.15, -0.1) is 0 Å². The highest BCUT2D eigenvalue weighted by molar-refractivity contribution is 6.35. The van der Waals surface area contributed by atoms with Gasteiger partial charge in [0.1, 0.15) is 0 Å². The van der Waals surface area contributed by atoms with Crippen LogP contribution in [-0.4, -0.2) is 24.4 Å². The van der Waals surface area contributed by atoms with E-state index in [0.29, 0.717) is 21.4 Å². The van der Waals surface area contributed by atoms with Crippen molar-refractivity contribution in [1.82, 2.24) is 0 Å². The van der Waals surface area contributed by atoms with Gasteiger partial charge in [-0.25, -0.2) is 0 Å². The quantitative estimate of drug-likeness (QED) is 0.642. The Hall–Kier alpha value is -2.57. The van der Waals surface area contributed by atoms with Crippen LogP contribution < -0.4 is 10.6 Å². The maximum atomic E-state index is 11.9. The topological polar surface area (TPSA) is 84.5 Å². The van der Waals surface area contributed by atoms with E-state index >= 15 is 0 Å². The van der Waals surface area contributed by atoms with Crippen LogP contribution in [0.15, 0.2) is 36.4 Å². The Morgan fingerprint density at radius 1 is 0.893 bits per heavy atom. The molecule has 0 fully saturated rings. The first-order valence-electron chi connectivity index (χ1n) is 8.52. The highest BCUT2D eigenvalue weighted by Gasteiger charge is 2.12. The first kappa shape index (κ1) is 21.7. The molecular formula is C20H20Cl2N2O4. The van der Waals surface area contributed by atoms with Crippen LogP contribution in [0.5, 0.6) is 0 Å². The number of hydrogen-bond acceptors (Lipinski definition) is 4. The van der Waals surface area contributed by atoms with Crippen molar-refractivity contribution in [1.29, 1.82) is 0 Å². The fourth-order valence-electron chi connectivity index (χ4n) is 2.38. The molecule has 0 radical (unpaired) electrons. The van der Waals surface area contributed by atoms with Gasteiger partial charge in [-0.2, -0.15) is 0 Å². The molecule has 8 heteroatoms. The van der Waals surface area contributed by atoms with Crippen LogP contribution in [0.3, 0.4) is 0 Å². The second-order valence-corrected chi connectivity index (χ2v) is 7.04. The molecule has 0 aromatic heterocycles. The summed E-state index contributed by atoms with van der Waals surface area (Å²) < 4.78 is 4.90. The Morgan fingerprint density at radius 3 is 2.32 bits per heavy atom. The average molecular weight is 423 g/mol. The van der Waals surface area contributed by atoms with Gasteiger partial charge in [-0.05, 0) is 43.7 Å². The third-order valence-electron chi connectivity index (χ3n) is 3.78. The lowest BCUT2D eigenvalue weighted by molar-refractivity contribution is -0.147. The number of hydrogen-bond donors (Lipinski definition) is 2. The van der Waals surface area contributed by atoms with Crippen molar-refractivity contribution in [3.63, 3.8) is 0 Å². The largest absolute Gasteiger partial charge is 0.456 e. The van der Waals surface area contributed by atoms with Crippen molar-refractivity contribution in [2.45, 2.75) is 26.7 Å². The van der Waals surface area contributed by atoms with Crippen molar-refractivity contribution in [2.75, 3.05) is 17.2 Å². The number of ether oxygens (including phenoxy) is 1. The molecule has 0 aliphatic heterocycles. The van der Waals surface area contributed by atoms with E-state index in [4.69, 9.17) is 27.9 Å². The molecule has 6 nitrogen and oxygen atoms in total. The first-order chi connectivity index (χ1) is 13.2. The third kappa shape index (κ3) is 6.87. The molecule has 2 rings (SSSR count). The molecule has 0 aliphatic rings.